The van der Waals surface area contributed by atoms with Crippen LogP contribution in [0.1, 0.15) is 57.5 Å². The largest absolute Gasteiger partial charge is 0.352 e. The van der Waals surface area contributed by atoms with Crippen molar-refractivity contribution >= 4 is 45.8 Å². The summed E-state index contributed by atoms with van der Waals surface area (Å²) in [4.78, 5) is 46.7. The lowest BCUT2D eigenvalue weighted by Gasteiger charge is -2.39. The molecule has 0 radical (unpaired) electrons. The first kappa shape index (κ1) is 26.6. The Balaban J connectivity index is 1.50. The van der Waals surface area contributed by atoms with Gasteiger partial charge in [-0.05, 0) is 59.5 Å². The van der Waals surface area contributed by atoms with Gasteiger partial charge < -0.3 is 10.2 Å². The molecule has 1 saturated heterocycles. The maximum Gasteiger partial charge on any atom is 0.238 e. The molecule has 3 aromatic carbocycles. The van der Waals surface area contributed by atoms with Crippen LogP contribution < -0.4 is 10.2 Å². The summed E-state index contributed by atoms with van der Waals surface area (Å²) in [5.74, 6) is -1.03. The van der Waals surface area contributed by atoms with Crippen molar-refractivity contribution in [3.8, 4) is 0 Å². The Labute approximate surface area is 249 Å². The number of benzene rings is 3. The number of amides is 1. The Morgan fingerprint density at radius 1 is 0.929 bits per heavy atom. The molecular formula is C36H32N2O3S. The molecule has 3 aliphatic rings. The number of rotatable bonds is 6. The fourth-order valence-electron chi connectivity index (χ4n) is 7.41. The van der Waals surface area contributed by atoms with Gasteiger partial charge in [0.1, 0.15) is 11.5 Å². The number of nitrogens with one attached hydrogen (secondary N) is 1. The molecule has 0 unspecified atom stereocenters. The number of ketones is 2. The molecule has 0 bridgehead atoms. The Hall–Kier alpha value is -4.29. The van der Waals surface area contributed by atoms with Gasteiger partial charge in [0, 0.05) is 22.5 Å². The van der Waals surface area contributed by atoms with Crippen LogP contribution in [0.5, 0.6) is 0 Å². The molecule has 1 spiro atoms. The summed E-state index contributed by atoms with van der Waals surface area (Å²) in [5, 5.41) is 4.99. The van der Waals surface area contributed by atoms with Crippen molar-refractivity contribution in [2.24, 2.45) is 11.8 Å². The first-order valence-corrected chi connectivity index (χ1v) is 15.4. The lowest BCUT2D eigenvalue weighted by atomic mass is 9.64. The number of hydrogen-bond donors (Lipinski definition) is 1. The minimum absolute atomic E-state index is 0.137. The summed E-state index contributed by atoms with van der Waals surface area (Å²) >= 11 is 1.37. The predicted molar refractivity (Wildman–Crippen MR) is 168 cm³/mol. The molecule has 4 aromatic rings. The van der Waals surface area contributed by atoms with E-state index in [0.29, 0.717) is 22.0 Å². The molecule has 1 aromatic heterocycles. The molecule has 0 aliphatic carbocycles. The number of para-hydroxylation sites is 2. The van der Waals surface area contributed by atoms with E-state index in [1.165, 1.54) is 11.3 Å². The fraction of sp³-hybridized carbons (Fsp3) is 0.250. The molecule has 0 saturated carbocycles. The molecule has 5 nitrogen and oxygen atoms in total. The smallest absolute Gasteiger partial charge is 0.238 e. The van der Waals surface area contributed by atoms with Crippen molar-refractivity contribution in [1.82, 2.24) is 0 Å². The van der Waals surface area contributed by atoms with Crippen molar-refractivity contribution in [3.05, 3.63) is 124 Å². The molecule has 4 atom stereocenters. The molecule has 6 heteroatoms. The summed E-state index contributed by atoms with van der Waals surface area (Å²) < 4.78 is 0. The van der Waals surface area contributed by atoms with E-state index in [9.17, 15) is 14.4 Å². The molecular weight excluding hydrogens is 540 g/mol. The van der Waals surface area contributed by atoms with Crippen molar-refractivity contribution in [2.75, 3.05) is 10.2 Å². The highest BCUT2D eigenvalue weighted by atomic mass is 32.1. The summed E-state index contributed by atoms with van der Waals surface area (Å²) in [6, 6.07) is 25.6. The van der Waals surface area contributed by atoms with E-state index in [4.69, 9.17) is 0 Å². The number of carbonyl (C=O) groups excluding carboxylic acids is 3. The number of hydrogen-bond acceptors (Lipinski definition) is 5. The molecule has 42 heavy (non-hydrogen) atoms. The predicted octanol–water partition coefficient (Wildman–Crippen LogP) is 7.19. The molecule has 3 aliphatic heterocycles. The number of thiophene rings is 1. The van der Waals surface area contributed by atoms with Crippen LogP contribution in [0, 0.1) is 11.8 Å². The minimum atomic E-state index is -1.29. The summed E-state index contributed by atoms with van der Waals surface area (Å²) in [5.41, 5.74) is 4.74. The number of allylic oxidation sites excluding steroid dienone is 1. The van der Waals surface area contributed by atoms with Gasteiger partial charge in [0.15, 0.2) is 11.6 Å². The summed E-state index contributed by atoms with van der Waals surface area (Å²) in [6.07, 6.45) is 3.01. The topological polar surface area (TPSA) is 66.5 Å². The molecule has 210 valence electrons. The normalized spacial score (nSPS) is 23.8. The van der Waals surface area contributed by atoms with Crippen LogP contribution in [0.15, 0.2) is 96.4 Å². The van der Waals surface area contributed by atoms with Gasteiger partial charge >= 0.3 is 0 Å². The van der Waals surface area contributed by atoms with Crippen LogP contribution in [0.25, 0.3) is 5.57 Å². The van der Waals surface area contributed by atoms with Crippen molar-refractivity contribution in [3.63, 3.8) is 0 Å². The van der Waals surface area contributed by atoms with E-state index < -0.39 is 23.4 Å². The summed E-state index contributed by atoms with van der Waals surface area (Å²) in [6.45, 7) is 6.38. The first-order valence-electron chi connectivity index (χ1n) is 14.5. The van der Waals surface area contributed by atoms with Crippen LogP contribution in [0.4, 0.5) is 11.4 Å². The van der Waals surface area contributed by atoms with Crippen LogP contribution in [0.3, 0.4) is 0 Å². The van der Waals surface area contributed by atoms with Crippen LogP contribution in [0.2, 0.25) is 0 Å². The Bertz CT molecular complexity index is 1750. The maximum absolute atomic E-state index is 14.9. The number of Topliss-reactive ketones (excluding diaryl/α,β-unsaturated/α-hetero) is 2. The van der Waals surface area contributed by atoms with E-state index in [2.05, 4.69) is 30.1 Å². The van der Waals surface area contributed by atoms with Crippen molar-refractivity contribution in [1.29, 1.82) is 0 Å². The molecule has 1 amide bonds. The van der Waals surface area contributed by atoms with Gasteiger partial charge in [-0.25, -0.2) is 0 Å². The van der Waals surface area contributed by atoms with Gasteiger partial charge in [0.2, 0.25) is 5.91 Å². The second kappa shape index (κ2) is 9.92. The molecule has 7 rings (SSSR count). The zero-order chi connectivity index (χ0) is 29.2. The monoisotopic (exact) mass is 572 g/mol. The van der Waals surface area contributed by atoms with Crippen LogP contribution in [-0.2, 0) is 16.6 Å². The standard InChI is InChI=1S/C36H32N2O3S/c1-21(2)19-23-14-16-24(17-15-23)33(39)31-32(34(40)29-13-8-18-42-29)38-28-12-7-4-9-25(28)22(3)20-30(38)36(31)26-10-5-6-11-27(26)37-35(36)41/h4-18,20-21,30-32H,19H2,1-3H3,(H,37,41)/t30-,31+,32-,36-/m1/s1. The second-order valence-corrected chi connectivity index (χ2v) is 13.0. The number of carbonyl (C=O) groups is 3. The molecule has 1 N–H and O–H groups in total. The third-order valence-corrected chi connectivity index (χ3v) is 9.97. The highest BCUT2D eigenvalue weighted by molar-refractivity contribution is 7.12. The lowest BCUT2D eigenvalue weighted by Crippen LogP contribution is -2.51. The Morgan fingerprint density at radius 2 is 1.67 bits per heavy atom. The summed E-state index contributed by atoms with van der Waals surface area (Å²) in [7, 11) is 0. The lowest BCUT2D eigenvalue weighted by molar-refractivity contribution is -0.121. The maximum atomic E-state index is 14.9. The molecule has 4 heterocycles. The third-order valence-electron chi connectivity index (χ3n) is 9.08. The first-order chi connectivity index (χ1) is 20.3. The number of fused-ring (bicyclic) bond motifs is 6. The van der Waals surface area contributed by atoms with Gasteiger partial charge in [-0.15, -0.1) is 11.3 Å². The third kappa shape index (κ3) is 3.78. The second-order valence-electron chi connectivity index (χ2n) is 12.0. The SMILES string of the molecule is CC1=C[C@H]2N(c3ccccc31)[C@@H](C(=O)c1cccs1)[C@@H](C(=O)c1ccc(CC(C)C)cc1)[C@]21C(=O)Nc2ccccc21. The number of nitrogens with zero attached hydrogens (tertiary/aromatic N) is 1. The van der Waals surface area contributed by atoms with E-state index >= 15 is 0 Å². The van der Waals surface area contributed by atoms with Crippen LogP contribution >= 0.6 is 11.3 Å². The minimum Gasteiger partial charge on any atom is -0.352 e. The zero-order valence-electron chi connectivity index (χ0n) is 23.8. The molecule has 1 fully saturated rings. The number of anilines is 2. The average Bonchev–Trinajstić information content (AvgIpc) is 3.70. The van der Waals surface area contributed by atoms with E-state index in [-0.39, 0.29) is 17.5 Å². The van der Waals surface area contributed by atoms with Crippen LogP contribution in [-0.4, -0.2) is 29.6 Å². The van der Waals surface area contributed by atoms with Crippen molar-refractivity contribution < 1.29 is 14.4 Å². The quantitative estimate of drug-likeness (QED) is 0.248. The van der Waals surface area contributed by atoms with Gasteiger partial charge in [0.25, 0.3) is 0 Å². The average molecular weight is 573 g/mol. The fourth-order valence-corrected chi connectivity index (χ4v) is 8.11. The van der Waals surface area contributed by atoms with E-state index in [0.717, 1.165) is 34.4 Å². The van der Waals surface area contributed by atoms with Gasteiger partial charge in [-0.3, -0.25) is 14.4 Å². The van der Waals surface area contributed by atoms with Crippen molar-refractivity contribution in [2.45, 2.75) is 44.7 Å². The van der Waals surface area contributed by atoms with E-state index in [1.807, 2.05) is 97.2 Å². The van der Waals surface area contributed by atoms with Gasteiger partial charge in [-0.2, -0.15) is 0 Å². The van der Waals surface area contributed by atoms with Gasteiger partial charge in [-0.1, -0.05) is 86.7 Å². The van der Waals surface area contributed by atoms with E-state index in [1.54, 1.807) is 0 Å². The van der Waals surface area contributed by atoms with Gasteiger partial charge in [0.05, 0.1) is 16.8 Å². The highest BCUT2D eigenvalue weighted by Gasteiger charge is 2.70. The highest BCUT2D eigenvalue weighted by Crippen LogP contribution is 2.58. The Morgan fingerprint density at radius 3 is 2.40 bits per heavy atom. The Kier molecular flexibility index (Phi) is 6.28. The zero-order valence-corrected chi connectivity index (χ0v) is 24.7.